The summed E-state index contributed by atoms with van der Waals surface area (Å²) in [5.41, 5.74) is 2.92. The summed E-state index contributed by atoms with van der Waals surface area (Å²) in [4.78, 5) is 0. The van der Waals surface area contributed by atoms with Crippen molar-refractivity contribution in [3.8, 4) is 5.75 Å². The molecule has 1 atom stereocenters. The molecule has 1 N–H and O–H groups in total. The van der Waals surface area contributed by atoms with Crippen LogP contribution >= 0.6 is 11.6 Å². The fourth-order valence-electron chi connectivity index (χ4n) is 2.53. The molecule has 2 nitrogen and oxygen atoms in total. The third kappa shape index (κ3) is 2.16. The fourth-order valence-corrected chi connectivity index (χ4v) is 2.79. The van der Waals surface area contributed by atoms with Crippen LogP contribution in [0.1, 0.15) is 31.4 Å². The van der Waals surface area contributed by atoms with Gasteiger partial charge in [0.25, 0.3) is 0 Å². The first-order valence-electron chi connectivity index (χ1n) is 6.24. The van der Waals surface area contributed by atoms with Crippen molar-refractivity contribution >= 4 is 11.6 Å². The van der Waals surface area contributed by atoms with E-state index in [1.54, 1.807) is 0 Å². The lowest BCUT2D eigenvalue weighted by Gasteiger charge is -2.11. The summed E-state index contributed by atoms with van der Waals surface area (Å²) in [7, 11) is 0. The largest absolute Gasteiger partial charge is 0.493 e. The molecule has 1 aliphatic heterocycles. The summed E-state index contributed by atoms with van der Waals surface area (Å²) < 4.78 is 5.69. The molecule has 0 bridgehead atoms. The number of fused-ring (bicyclic) bond motifs is 1. The van der Waals surface area contributed by atoms with Gasteiger partial charge in [-0.05, 0) is 29.5 Å². The molecule has 3 heteroatoms. The van der Waals surface area contributed by atoms with Crippen LogP contribution in [0.25, 0.3) is 0 Å². The minimum absolute atomic E-state index is 0.461. The molecule has 3 rings (SSSR count). The van der Waals surface area contributed by atoms with Crippen LogP contribution < -0.4 is 10.1 Å². The van der Waals surface area contributed by atoms with Gasteiger partial charge >= 0.3 is 0 Å². The second-order valence-electron chi connectivity index (χ2n) is 5.78. The van der Waals surface area contributed by atoms with Crippen LogP contribution in [0.2, 0.25) is 5.02 Å². The molecule has 1 aromatic rings. The van der Waals surface area contributed by atoms with Crippen molar-refractivity contribution in [3.63, 3.8) is 0 Å². The van der Waals surface area contributed by atoms with E-state index in [1.165, 1.54) is 17.5 Å². The van der Waals surface area contributed by atoms with Crippen molar-refractivity contribution in [1.82, 2.24) is 5.32 Å². The third-order valence-corrected chi connectivity index (χ3v) is 4.10. The lowest BCUT2D eigenvalue weighted by Crippen LogP contribution is -2.20. The molecule has 1 fully saturated rings. The maximum absolute atomic E-state index is 6.13. The summed E-state index contributed by atoms with van der Waals surface area (Å²) in [5, 5.41) is 4.40. The molecular weight excluding hydrogens is 234 g/mol. The first kappa shape index (κ1) is 11.4. The molecular formula is C14H18ClNO. The van der Waals surface area contributed by atoms with Gasteiger partial charge in [0.05, 0.1) is 6.61 Å². The maximum Gasteiger partial charge on any atom is 0.127 e. The van der Waals surface area contributed by atoms with Gasteiger partial charge in [-0.2, -0.15) is 0 Å². The van der Waals surface area contributed by atoms with Crippen molar-refractivity contribution < 1.29 is 4.74 Å². The quantitative estimate of drug-likeness (QED) is 0.891. The maximum atomic E-state index is 6.13. The predicted octanol–water partition coefficient (Wildman–Crippen LogP) is 3.16. The molecule has 1 saturated carbocycles. The van der Waals surface area contributed by atoms with Gasteiger partial charge in [-0.25, -0.2) is 0 Å². The van der Waals surface area contributed by atoms with Crippen molar-refractivity contribution in [2.45, 2.75) is 39.3 Å². The normalized spacial score (nSPS) is 24.3. The van der Waals surface area contributed by atoms with Crippen molar-refractivity contribution in [2.75, 3.05) is 6.61 Å². The SMILES string of the molecule is CC1(C)CC1NCc1cc(Cl)cc2c1OCC2. The average molecular weight is 252 g/mol. The molecule has 1 aliphatic carbocycles. The summed E-state index contributed by atoms with van der Waals surface area (Å²) in [5.74, 6) is 1.06. The zero-order valence-corrected chi connectivity index (χ0v) is 11.1. The Morgan fingerprint density at radius 2 is 2.24 bits per heavy atom. The molecule has 2 aliphatic rings. The second-order valence-corrected chi connectivity index (χ2v) is 6.21. The number of nitrogens with one attached hydrogen (secondary N) is 1. The Morgan fingerprint density at radius 3 is 2.94 bits per heavy atom. The number of hydrogen-bond donors (Lipinski definition) is 1. The van der Waals surface area contributed by atoms with Crippen LogP contribution in [-0.4, -0.2) is 12.6 Å². The predicted molar refractivity (Wildman–Crippen MR) is 69.7 cm³/mol. The van der Waals surface area contributed by atoms with Crippen LogP contribution in [0.3, 0.4) is 0 Å². The molecule has 0 saturated heterocycles. The molecule has 0 spiro atoms. The van der Waals surface area contributed by atoms with E-state index in [9.17, 15) is 0 Å². The molecule has 1 heterocycles. The zero-order valence-electron chi connectivity index (χ0n) is 10.3. The van der Waals surface area contributed by atoms with E-state index in [4.69, 9.17) is 16.3 Å². The van der Waals surface area contributed by atoms with Crippen LogP contribution in [0.5, 0.6) is 5.75 Å². The summed E-state index contributed by atoms with van der Waals surface area (Å²) in [6.07, 6.45) is 2.24. The summed E-state index contributed by atoms with van der Waals surface area (Å²) in [6, 6.07) is 4.68. The van der Waals surface area contributed by atoms with Crippen molar-refractivity contribution in [2.24, 2.45) is 5.41 Å². The first-order chi connectivity index (χ1) is 8.06. The first-order valence-corrected chi connectivity index (χ1v) is 6.61. The van der Waals surface area contributed by atoms with Crippen molar-refractivity contribution in [1.29, 1.82) is 0 Å². The van der Waals surface area contributed by atoms with Gasteiger partial charge in [-0.3, -0.25) is 0 Å². The monoisotopic (exact) mass is 251 g/mol. The van der Waals surface area contributed by atoms with Gasteiger partial charge in [-0.1, -0.05) is 25.4 Å². The van der Waals surface area contributed by atoms with E-state index in [-0.39, 0.29) is 0 Å². The Labute approximate surface area is 107 Å². The molecule has 1 unspecified atom stereocenters. The van der Waals surface area contributed by atoms with Gasteiger partial charge < -0.3 is 10.1 Å². The number of rotatable bonds is 3. The number of benzene rings is 1. The molecule has 1 aromatic carbocycles. The van der Waals surface area contributed by atoms with Gasteiger partial charge in [0.15, 0.2) is 0 Å². The standard InChI is InChI=1S/C14H18ClNO/c1-14(2)7-12(14)16-8-10-6-11(15)5-9-3-4-17-13(9)10/h5-6,12,16H,3-4,7-8H2,1-2H3. The average Bonchev–Trinajstić information content (AvgIpc) is 2.69. The van der Waals surface area contributed by atoms with E-state index in [2.05, 4.69) is 19.2 Å². The summed E-state index contributed by atoms with van der Waals surface area (Å²) in [6.45, 7) is 6.24. The van der Waals surface area contributed by atoms with Crippen LogP contribution in [0.4, 0.5) is 0 Å². The van der Waals surface area contributed by atoms with E-state index < -0.39 is 0 Å². The minimum atomic E-state index is 0.461. The highest BCUT2D eigenvalue weighted by Gasteiger charge is 2.45. The molecule has 0 amide bonds. The molecule has 0 aromatic heterocycles. The van der Waals surface area contributed by atoms with Gasteiger partial charge in [0, 0.05) is 29.6 Å². The smallest absolute Gasteiger partial charge is 0.127 e. The summed E-state index contributed by atoms with van der Waals surface area (Å²) >= 11 is 6.13. The number of halogens is 1. The van der Waals surface area contributed by atoms with Gasteiger partial charge in [-0.15, -0.1) is 0 Å². The Morgan fingerprint density at radius 1 is 1.47 bits per heavy atom. The van der Waals surface area contributed by atoms with Crippen LogP contribution in [0.15, 0.2) is 12.1 Å². The lowest BCUT2D eigenvalue weighted by atomic mass is 10.1. The van der Waals surface area contributed by atoms with Crippen LogP contribution in [0, 0.1) is 5.41 Å². The Balaban J connectivity index is 1.75. The highest BCUT2D eigenvalue weighted by atomic mass is 35.5. The fraction of sp³-hybridized carbons (Fsp3) is 0.571. The van der Waals surface area contributed by atoms with E-state index >= 15 is 0 Å². The van der Waals surface area contributed by atoms with E-state index in [0.717, 1.165) is 30.3 Å². The zero-order chi connectivity index (χ0) is 12.0. The van der Waals surface area contributed by atoms with E-state index in [0.29, 0.717) is 11.5 Å². The minimum Gasteiger partial charge on any atom is -0.493 e. The van der Waals surface area contributed by atoms with Crippen LogP contribution in [-0.2, 0) is 13.0 Å². The van der Waals surface area contributed by atoms with Gasteiger partial charge in [0.2, 0.25) is 0 Å². The Kier molecular flexibility index (Phi) is 2.60. The third-order valence-electron chi connectivity index (χ3n) is 3.88. The van der Waals surface area contributed by atoms with Crippen molar-refractivity contribution in [3.05, 3.63) is 28.3 Å². The second kappa shape index (κ2) is 3.89. The highest BCUT2D eigenvalue weighted by Crippen LogP contribution is 2.45. The molecule has 0 radical (unpaired) electrons. The molecule has 92 valence electrons. The lowest BCUT2D eigenvalue weighted by molar-refractivity contribution is 0.352. The number of ether oxygens (including phenoxy) is 1. The Hall–Kier alpha value is -0.730. The molecule has 17 heavy (non-hydrogen) atoms. The van der Waals surface area contributed by atoms with E-state index in [1.807, 2.05) is 12.1 Å². The highest BCUT2D eigenvalue weighted by molar-refractivity contribution is 6.30. The topological polar surface area (TPSA) is 21.3 Å². The van der Waals surface area contributed by atoms with Gasteiger partial charge in [0.1, 0.15) is 5.75 Å². The number of hydrogen-bond acceptors (Lipinski definition) is 2. The Bertz CT molecular complexity index is 456.